The summed E-state index contributed by atoms with van der Waals surface area (Å²) in [6.45, 7) is 1.56. The molecule has 0 aliphatic heterocycles. The van der Waals surface area contributed by atoms with Gasteiger partial charge in [0.25, 0.3) is 15.9 Å². The Morgan fingerprint density at radius 3 is 2.10 bits per heavy atom. The van der Waals surface area contributed by atoms with Crippen molar-refractivity contribution in [2.45, 2.75) is 17.9 Å². The number of benzene rings is 3. The molecule has 0 radical (unpaired) electrons. The van der Waals surface area contributed by atoms with Crippen LogP contribution >= 0.6 is 15.9 Å². The second kappa shape index (κ2) is 9.27. The Morgan fingerprint density at radius 1 is 0.933 bits per heavy atom. The minimum atomic E-state index is -3.77. The van der Waals surface area contributed by atoms with Crippen LogP contribution in [0.3, 0.4) is 0 Å². The summed E-state index contributed by atoms with van der Waals surface area (Å²) in [6, 6.07) is 17.8. The molecule has 0 heterocycles. The van der Waals surface area contributed by atoms with Crippen molar-refractivity contribution in [3.8, 4) is 5.75 Å². The number of ether oxygens (including phenoxy) is 1. The van der Waals surface area contributed by atoms with Gasteiger partial charge >= 0.3 is 0 Å². The van der Waals surface area contributed by atoms with E-state index in [4.69, 9.17) is 4.74 Å². The van der Waals surface area contributed by atoms with Gasteiger partial charge in [0.15, 0.2) is 6.10 Å². The third-order valence-electron chi connectivity index (χ3n) is 4.02. The van der Waals surface area contributed by atoms with Crippen LogP contribution in [0.4, 0.5) is 15.8 Å². The van der Waals surface area contributed by atoms with Gasteiger partial charge in [0.05, 0.1) is 4.90 Å². The van der Waals surface area contributed by atoms with Crippen molar-refractivity contribution in [1.29, 1.82) is 0 Å². The van der Waals surface area contributed by atoms with Crippen LogP contribution in [0, 0.1) is 5.82 Å². The largest absolute Gasteiger partial charge is 0.481 e. The van der Waals surface area contributed by atoms with E-state index < -0.39 is 27.9 Å². The minimum absolute atomic E-state index is 0.0547. The van der Waals surface area contributed by atoms with Gasteiger partial charge in [-0.15, -0.1) is 0 Å². The van der Waals surface area contributed by atoms with E-state index in [0.717, 1.165) is 4.47 Å². The fourth-order valence-electron chi connectivity index (χ4n) is 2.46. The van der Waals surface area contributed by atoms with Gasteiger partial charge in [0.2, 0.25) is 0 Å². The minimum Gasteiger partial charge on any atom is -0.481 e. The van der Waals surface area contributed by atoms with E-state index in [1.54, 1.807) is 31.2 Å². The van der Waals surface area contributed by atoms with Gasteiger partial charge in [0.1, 0.15) is 11.6 Å². The molecule has 0 spiro atoms. The van der Waals surface area contributed by atoms with Crippen molar-refractivity contribution in [2.75, 3.05) is 10.0 Å². The number of halogens is 2. The van der Waals surface area contributed by atoms with E-state index >= 15 is 0 Å². The maximum absolute atomic E-state index is 12.9. The normalized spacial score (nSPS) is 12.1. The number of sulfonamides is 1. The lowest BCUT2D eigenvalue weighted by Crippen LogP contribution is -2.30. The summed E-state index contributed by atoms with van der Waals surface area (Å²) in [5.74, 6) is -0.466. The lowest BCUT2D eigenvalue weighted by atomic mass is 10.3. The number of hydrogen-bond donors (Lipinski definition) is 2. The molecule has 0 aromatic heterocycles. The molecule has 0 bridgehead atoms. The summed E-state index contributed by atoms with van der Waals surface area (Å²) in [5.41, 5.74) is 0.847. The summed E-state index contributed by atoms with van der Waals surface area (Å²) in [5, 5.41) is 2.65. The van der Waals surface area contributed by atoms with Crippen LogP contribution in [0.25, 0.3) is 0 Å². The average molecular weight is 493 g/mol. The molecule has 0 saturated carbocycles. The van der Waals surface area contributed by atoms with Crippen molar-refractivity contribution in [3.63, 3.8) is 0 Å². The van der Waals surface area contributed by atoms with E-state index in [1.165, 1.54) is 48.5 Å². The second-order valence-electron chi connectivity index (χ2n) is 6.34. The van der Waals surface area contributed by atoms with E-state index in [1.807, 2.05) is 0 Å². The summed E-state index contributed by atoms with van der Waals surface area (Å²) < 4.78 is 46.7. The van der Waals surface area contributed by atoms with E-state index in [2.05, 4.69) is 26.0 Å². The highest BCUT2D eigenvalue weighted by Gasteiger charge is 2.17. The third kappa shape index (κ3) is 5.80. The lowest BCUT2D eigenvalue weighted by Gasteiger charge is -2.15. The van der Waals surface area contributed by atoms with Crippen LogP contribution in [0.15, 0.2) is 82.2 Å². The molecule has 1 atom stereocenters. The van der Waals surface area contributed by atoms with Crippen molar-refractivity contribution < 1.29 is 22.3 Å². The molecule has 9 heteroatoms. The summed E-state index contributed by atoms with van der Waals surface area (Å²) in [4.78, 5) is 12.3. The van der Waals surface area contributed by atoms with Crippen LogP contribution in [0.2, 0.25) is 0 Å². The first kappa shape index (κ1) is 21.8. The van der Waals surface area contributed by atoms with Crippen molar-refractivity contribution >= 4 is 43.2 Å². The Labute approximate surface area is 182 Å². The van der Waals surface area contributed by atoms with Crippen molar-refractivity contribution in [2.24, 2.45) is 0 Å². The highest BCUT2D eigenvalue weighted by atomic mass is 79.9. The van der Waals surface area contributed by atoms with Gasteiger partial charge in [0, 0.05) is 15.8 Å². The molecule has 0 aliphatic carbocycles. The molecule has 156 valence electrons. The molecule has 0 saturated heterocycles. The molecule has 2 N–H and O–H groups in total. The zero-order valence-electron chi connectivity index (χ0n) is 15.8. The Morgan fingerprint density at radius 2 is 1.50 bits per heavy atom. The third-order valence-corrected chi connectivity index (χ3v) is 5.95. The molecule has 6 nitrogen and oxygen atoms in total. The van der Waals surface area contributed by atoms with Crippen LogP contribution in [0.1, 0.15) is 6.92 Å². The van der Waals surface area contributed by atoms with Gasteiger partial charge < -0.3 is 10.1 Å². The topological polar surface area (TPSA) is 84.5 Å². The van der Waals surface area contributed by atoms with Gasteiger partial charge in [-0.25, -0.2) is 12.8 Å². The fourth-order valence-corrected chi connectivity index (χ4v) is 3.79. The highest BCUT2D eigenvalue weighted by molar-refractivity contribution is 9.10. The number of amides is 1. The molecule has 0 unspecified atom stereocenters. The summed E-state index contributed by atoms with van der Waals surface area (Å²) >= 11 is 3.29. The number of anilines is 2. The number of hydrogen-bond acceptors (Lipinski definition) is 4. The first-order valence-corrected chi connectivity index (χ1v) is 11.1. The number of nitrogens with one attached hydrogen (secondary N) is 2. The van der Waals surface area contributed by atoms with Crippen molar-refractivity contribution in [1.82, 2.24) is 0 Å². The molecule has 30 heavy (non-hydrogen) atoms. The zero-order chi connectivity index (χ0) is 21.7. The van der Waals surface area contributed by atoms with Crippen molar-refractivity contribution in [3.05, 3.63) is 83.1 Å². The van der Waals surface area contributed by atoms with Crippen LogP contribution in [-0.2, 0) is 14.8 Å². The standard InChI is InChI=1S/C21H18BrFN2O4S/c1-14(29-19-10-4-16(23)5-11-19)21(26)24-17-8-12-20(13-9-17)30(27,28)25-18-6-2-15(22)3-7-18/h2-14,25H,1H3,(H,24,26)/t14-/m0/s1. The number of carbonyl (C=O) groups excluding carboxylic acids is 1. The summed E-state index contributed by atoms with van der Waals surface area (Å²) in [6.07, 6.45) is -0.835. The number of rotatable bonds is 7. The smallest absolute Gasteiger partial charge is 0.265 e. The quantitative estimate of drug-likeness (QED) is 0.496. The van der Waals surface area contributed by atoms with Gasteiger partial charge in [-0.1, -0.05) is 15.9 Å². The SMILES string of the molecule is C[C@H](Oc1ccc(F)cc1)C(=O)Nc1ccc(S(=O)(=O)Nc2ccc(Br)cc2)cc1. The first-order valence-electron chi connectivity index (χ1n) is 8.84. The molecule has 0 fully saturated rings. The maximum atomic E-state index is 12.9. The van der Waals surface area contributed by atoms with Crippen LogP contribution < -0.4 is 14.8 Å². The Hall–Kier alpha value is -2.91. The van der Waals surface area contributed by atoms with Gasteiger partial charge in [-0.05, 0) is 79.7 Å². The highest BCUT2D eigenvalue weighted by Crippen LogP contribution is 2.20. The molecule has 1 amide bonds. The predicted octanol–water partition coefficient (Wildman–Crippen LogP) is 4.80. The fraction of sp³-hybridized carbons (Fsp3) is 0.0952. The van der Waals surface area contributed by atoms with Gasteiger partial charge in [-0.3, -0.25) is 9.52 Å². The number of carbonyl (C=O) groups is 1. The first-order chi connectivity index (χ1) is 14.2. The van der Waals surface area contributed by atoms with Gasteiger partial charge in [-0.2, -0.15) is 0 Å². The van der Waals surface area contributed by atoms with E-state index in [9.17, 15) is 17.6 Å². The van der Waals surface area contributed by atoms with E-state index in [-0.39, 0.29) is 4.90 Å². The maximum Gasteiger partial charge on any atom is 0.265 e. The summed E-state index contributed by atoms with van der Waals surface area (Å²) in [7, 11) is -3.77. The molecular weight excluding hydrogens is 475 g/mol. The monoisotopic (exact) mass is 492 g/mol. The van der Waals surface area contributed by atoms with E-state index in [0.29, 0.717) is 17.1 Å². The molecular formula is C21H18BrFN2O4S. The second-order valence-corrected chi connectivity index (χ2v) is 8.94. The van der Waals surface area contributed by atoms with Crippen LogP contribution in [-0.4, -0.2) is 20.4 Å². The Kier molecular flexibility index (Phi) is 6.73. The van der Waals surface area contributed by atoms with Crippen LogP contribution in [0.5, 0.6) is 5.75 Å². The molecule has 3 rings (SSSR count). The zero-order valence-corrected chi connectivity index (χ0v) is 18.2. The average Bonchev–Trinajstić information content (AvgIpc) is 2.71. The predicted molar refractivity (Wildman–Crippen MR) is 117 cm³/mol. The lowest BCUT2D eigenvalue weighted by molar-refractivity contribution is -0.122. The Bertz CT molecular complexity index is 1120. The Balaban J connectivity index is 1.62. The molecule has 3 aromatic carbocycles. The molecule has 3 aromatic rings. The molecule has 0 aliphatic rings.